The molecule has 4 heteroatoms. The number of aldehydes is 1. The smallest absolute Gasteiger partial charge is 0.235 e. The van der Waals surface area contributed by atoms with Crippen LogP contribution in [0.15, 0.2) is 12.1 Å². The average Bonchev–Trinajstić information content (AvgIpc) is 2.34. The van der Waals surface area contributed by atoms with E-state index in [1.165, 1.54) is 6.07 Å². The van der Waals surface area contributed by atoms with Gasteiger partial charge in [-0.15, -0.1) is 11.3 Å². The van der Waals surface area contributed by atoms with Crippen molar-refractivity contribution in [2.24, 2.45) is 0 Å². The summed E-state index contributed by atoms with van der Waals surface area (Å²) in [4.78, 5) is 20.5. The predicted octanol–water partition coefficient (Wildman–Crippen LogP) is 1.27. The third-order valence-corrected chi connectivity index (χ3v) is 1.81. The molecule has 0 unspecified atom stereocenters. The summed E-state index contributed by atoms with van der Waals surface area (Å²) in [5.41, 5.74) is 0. The van der Waals surface area contributed by atoms with Crippen LogP contribution in [0.2, 0.25) is 0 Å². The van der Waals surface area contributed by atoms with Crippen molar-refractivity contribution >= 4 is 23.4 Å². The Balaban J connectivity index is 2.95. The van der Waals surface area contributed by atoms with Crippen LogP contribution in [0.1, 0.15) is 9.67 Å². The van der Waals surface area contributed by atoms with Gasteiger partial charge in [-0.05, 0) is 12.1 Å². The first-order valence-electron chi connectivity index (χ1n) is 2.49. The van der Waals surface area contributed by atoms with Gasteiger partial charge in [0.2, 0.25) is 5.78 Å². The molecule has 0 atom stereocenters. The van der Waals surface area contributed by atoms with Crippen LogP contribution in [0, 0.1) is 5.13 Å². The van der Waals surface area contributed by atoms with E-state index in [4.69, 9.17) is 0 Å². The molecule has 0 spiro atoms. The van der Waals surface area contributed by atoms with Crippen molar-refractivity contribution in [1.29, 1.82) is 0 Å². The fourth-order valence-electron chi connectivity index (χ4n) is 0.505. The molecule has 0 saturated heterocycles. The molecule has 0 N–H and O–H groups in total. The van der Waals surface area contributed by atoms with Gasteiger partial charge in [0.1, 0.15) is 0 Å². The second kappa shape index (κ2) is 2.70. The number of carbonyl (C=O) groups excluding carboxylic acids is 2. The Morgan fingerprint density at radius 3 is 2.70 bits per heavy atom. The van der Waals surface area contributed by atoms with Gasteiger partial charge in [-0.1, -0.05) is 0 Å². The molecule has 1 heterocycles. The number of ketones is 1. The minimum atomic E-state index is -0.672. The number of halogens is 1. The van der Waals surface area contributed by atoms with Crippen molar-refractivity contribution in [3.8, 4) is 0 Å². The number of hydrogen-bond acceptors (Lipinski definition) is 3. The Morgan fingerprint density at radius 1 is 1.60 bits per heavy atom. The van der Waals surface area contributed by atoms with Crippen LogP contribution in [-0.4, -0.2) is 12.1 Å². The zero-order chi connectivity index (χ0) is 7.56. The van der Waals surface area contributed by atoms with Gasteiger partial charge in [0, 0.05) is 0 Å². The molecule has 0 aliphatic carbocycles. The lowest BCUT2D eigenvalue weighted by atomic mass is 10.3. The molecule has 10 heavy (non-hydrogen) atoms. The number of rotatable bonds is 2. The molecule has 52 valence electrons. The molecular formula is C6H3FO2S. The van der Waals surface area contributed by atoms with Gasteiger partial charge in [-0.2, -0.15) is 4.39 Å². The molecule has 1 aromatic rings. The van der Waals surface area contributed by atoms with Crippen molar-refractivity contribution in [3.05, 3.63) is 22.1 Å². The molecule has 1 rings (SSSR count). The summed E-state index contributed by atoms with van der Waals surface area (Å²) < 4.78 is 12.2. The first kappa shape index (κ1) is 7.08. The van der Waals surface area contributed by atoms with Crippen LogP contribution >= 0.6 is 11.3 Å². The largest absolute Gasteiger partial charge is 0.294 e. The third kappa shape index (κ3) is 1.27. The van der Waals surface area contributed by atoms with Gasteiger partial charge in [0.25, 0.3) is 0 Å². The van der Waals surface area contributed by atoms with E-state index in [-0.39, 0.29) is 11.2 Å². The summed E-state index contributed by atoms with van der Waals surface area (Å²) in [6, 6.07) is 2.44. The van der Waals surface area contributed by atoms with Crippen LogP contribution in [-0.2, 0) is 4.79 Å². The number of carbonyl (C=O) groups is 2. The second-order valence-electron chi connectivity index (χ2n) is 1.59. The topological polar surface area (TPSA) is 34.1 Å². The van der Waals surface area contributed by atoms with Crippen LogP contribution in [0.4, 0.5) is 4.39 Å². The fraction of sp³-hybridized carbons (Fsp3) is 0. The molecule has 1 aromatic heterocycles. The Kier molecular flexibility index (Phi) is 1.91. The van der Waals surface area contributed by atoms with Crippen molar-refractivity contribution in [2.45, 2.75) is 0 Å². The maximum absolute atomic E-state index is 12.2. The average molecular weight is 158 g/mol. The highest BCUT2D eigenvalue weighted by molar-refractivity contribution is 7.13. The molecule has 0 amide bonds. The highest BCUT2D eigenvalue weighted by Gasteiger charge is 2.06. The van der Waals surface area contributed by atoms with E-state index in [9.17, 15) is 14.0 Å². The van der Waals surface area contributed by atoms with Gasteiger partial charge in [-0.3, -0.25) is 9.59 Å². The summed E-state index contributed by atoms with van der Waals surface area (Å²) >= 11 is 0.673. The minimum absolute atomic E-state index is 0.146. The Labute approximate surface area is 60.3 Å². The molecule has 0 saturated carbocycles. The zero-order valence-corrected chi connectivity index (χ0v) is 5.65. The maximum atomic E-state index is 12.2. The minimum Gasteiger partial charge on any atom is -0.294 e. The van der Waals surface area contributed by atoms with Gasteiger partial charge >= 0.3 is 0 Å². The monoisotopic (exact) mass is 158 g/mol. The van der Waals surface area contributed by atoms with Crippen molar-refractivity contribution < 1.29 is 14.0 Å². The SMILES string of the molecule is O=CC(=O)c1ccc(F)s1. The van der Waals surface area contributed by atoms with E-state index >= 15 is 0 Å². The Morgan fingerprint density at radius 2 is 2.30 bits per heavy atom. The first-order chi connectivity index (χ1) is 4.74. The van der Waals surface area contributed by atoms with Gasteiger partial charge in [0.05, 0.1) is 4.88 Å². The van der Waals surface area contributed by atoms with Gasteiger partial charge in [0.15, 0.2) is 11.4 Å². The van der Waals surface area contributed by atoms with Crippen LogP contribution in [0.25, 0.3) is 0 Å². The fourth-order valence-corrected chi connectivity index (χ4v) is 1.14. The molecule has 0 fully saturated rings. The zero-order valence-electron chi connectivity index (χ0n) is 4.83. The third-order valence-electron chi connectivity index (χ3n) is 0.923. The quantitative estimate of drug-likeness (QED) is 0.369. The van der Waals surface area contributed by atoms with E-state index in [1.54, 1.807) is 0 Å². The van der Waals surface area contributed by atoms with Gasteiger partial charge < -0.3 is 0 Å². The van der Waals surface area contributed by atoms with E-state index in [1.807, 2.05) is 0 Å². The number of thiophene rings is 1. The lowest BCUT2D eigenvalue weighted by Gasteiger charge is -1.79. The second-order valence-corrected chi connectivity index (χ2v) is 2.62. The van der Waals surface area contributed by atoms with Crippen LogP contribution < -0.4 is 0 Å². The molecule has 0 aliphatic heterocycles. The predicted molar refractivity (Wildman–Crippen MR) is 34.7 cm³/mol. The van der Waals surface area contributed by atoms with E-state index in [0.717, 1.165) is 6.07 Å². The van der Waals surface area contributed by atoms with E-state index in [0.29, 0.717) is 11.3 Å². The molecular weight excluding hydrogens is 155 g/mol. The van der Waals surface area contributed by atoms with E-state index in [2.05, 4.69) is 0 Å². The molecule has 0 radical (unpaired) electrons. The molecule has 0 bridgehead atoms. The molecule has 0 aromatic carbocycles. The van der Waals surface area contributed by atoms with Gasteiger partial charge in [-0.25, -0.2) is 0 Å². The van der Waals surface area contributed by atoms with Crippen LogP contribution in [0.5, 0.6) is 0 Å². The summed E-state index contributed by atoms with van der Waals surface area (Å²) in [6.45, 7) is 0. The standard InChI is InChI=1S/C6H3FO2S/c7-6-2-1-5(10-6)4(9)3-8/h1-3H. The lowest BCUT2D eigenvalue weighted by molar-refractivity contribution is -0.104. The Bertz CT molecular complexity index is 266. The Hall–Kier alpha value is -1.03. The summed E-state index contributed by atoms with van der Waals surface area (Å²) in [6.07, 6.45) is 0.172. The first-order valence-corrected chi connectivity index (χ1v) is 3.30. The summed E-state index contributed by atoms with van der Waals surface area (Å²) in [5, 5.41) is -0.454. The number of hydrogen-bond donors (Lipinski definition) is 0. The van der Waals surface area contributed by atoms with Crippen molar-refractivity contribution in [3.63, 3.8) is 0 Å². The summed E-state index contributed by atoms with van der Waals surface area (Å²) in [7, 11) is 0. The molecule has 0 aliphatic rings. The highest BCUT2D eigenvalue weighted by Crippen LogP contribution is 2.13. The van der Waals surface area contributed by atoms with E-state index < -0.39 is 10.9 Å². The molecule has 2 nitrogen and oxygen atoms in total. The normalized spacial score (nSPS) is 9.30. The maximum Gasteiger partial charge on any atom is 0.235 e. The summed E-state index contributed by atoms with van der Waals surface area (Å²) in [5.74, 6) is -0.672. The lowest BCUT2D eigenvalue weighted by Crippen LogP contribution is -1.94. The van der Waals surface area contributed by atoms with Crippen molar-refractivity contribution in [1.82, 2.24) is 0 Å². The number of Topliss-reactive ketones (excluding diaryl/α,β-unsaturated/α-hetero) is 1. The van der Waals surface area contributed by atoms with Crippen LogP contribution in [0.3, 0.4) is 0 Å². The highest BCUT2D eigenvalue weighted by atomic mass is 32.1. The van der Waals surface area contributed by atoms with Crippen molar-refractivity contribution in [2.75, 3.05) is 0 Å².